The third-order valence-electron chi connectivity index (χ3n) is 5.84. The second-order valence-electron chi connectivity index (χ2n) is 7.76. The Bertz CT molecular complexity index is 1160. The van der Waals surface area contributed by atoms with Gasteiger partial charge < -0.3 is 4.98 Å². The molecule has 3 aromatic carbocycles. The van der Waals surface area contributed by atoms with E-state index in [-0.39, 0.29) is 5.92 Å². The first kappa shape index (κ1) is 18.2. The molecule has 0 amide bonds. The van der Waals surface area contributed by atoms with E-state index >= 15 is 0 Å². The van der Waals surface area contributed by atoms with Gasteiger partial charge in [0.1, 0.15) is 0 Å². The van der Waals surface area contributed by atoms with E-state index in [4.69, 9.17) is 11.6 Å². The molecule has 0 bridgehead atoms. The van der Waals surface area contributed by atoms with Crippen LogP contribution in [-0.2, 0) is 13.1 Å². The van der Waals surface area contributed by atoms with E-state index < -0.39 is 0 Å². The van der Waals surface area contributed by atoms with E-state index in [0.717, 1.165) is 30.2 Å². The predicted molar refractivity (Wildman–Crippen MR) is 122 cm³/mol. The average Bonchev–Trinajstić information content (AvgIpc) is 3.05. The average molecular weight is 399 g/mol. The standard InChI is InChI=1S/C26H23ClN2/c1-2-19-16-29(15-18-7-4-3-5-8-18)17-21-9-6-10-23-24(21)25(19)26(28-23)20-11-13-22(27)14-12-20/h2-14,19,28H,1,15-17H2. The maximum Gasteiger partial charge on any atom is 0.0504 e. The summed E-state index contributed by atoms with van der Waals surface area (Å²) in [6.07, 6.45) is 2.10. The van der Waals surface area contributed by atoms with Crippen molar-refractivity contribution in [2.45, 2.75) is 19.0 Å². The van der Waals surface area contributed by atoms with Crippen molar-refractivity contribution in [2.75, 3.05) is 6.54 Å². The summed E-state index contributed by atoms with van der Waals surface area (Å²) in [5, 5.41) is 2.10. The van der Waals surface area contributed by atoms with E-state index in [1.807, 2.05) is 12.1 Å². The Morgan fingerprint density at radius 1 is 1.00 bits per heavy atom. The van der Waals surface area contributed by atoms with E-state index in [2.05, 4.69) is 83.2 Å². The summed E-state index contributed by atoms with van der Waals surface area (Å²) < 4.78 is 0. The lowest BCUT2D eigenvalue weighted by Crippen LogP contribution is -2.26. The Labute approximate surface area is 176 Å². The molecule has 1 atom stereocenters. The third-order valence-corrected chi connectivity index (χ3v) is 6.09. The number of rotatable bonds is 4. The number of hydrogen-bond donors (Lipinski definition) is 1. The Morgan fingerprint density at radius 3 is 2.55 bits per heavy atom. The predicted octanol–water partition coefficient (Wildman–Crippen LogP) is 6.77. The molecule has 5 rings (SSSR count). The first-order chi connectivity index (χ1) is 14.2. The van der Waals surface area contributed by atoms with Gasteiger partial charge in [0.05, 0.1) is 5.69 Å². The summed E-state index contributed by atoms with van der Waals surface area (Å²) >= 11 is 6.13. The number of nitrogens with one attached hydrogen (secondary N) is 1. The van der Waals surface area contributed by atoms with E-state index in [9.17, 15) is 0 Å². The van der Waals surface area contributed by atoms with Gasteiger partial charge in [0.25, 0.3) is 0 Å². The Balaban J connectivity index is 1.63. The smallest absolute Gasteiger partial charge is 0.0504 e. The van der Waals surface area contributed by atoms with Crippen molar-refractivity contribution < 1.29 is 0 Å². The lowest BCUT2D eigenvalue weighted by Gasteiger charge is -2.24. The Kier molecular flexibility index (Phi) is 4.75. The Hall–Kier alpha value is -2.81. The zero-order chi connectivity index (χ0) is 19.8. The minimum atomic E-state index is 0.252. The number of hydrogen-bond acceptors (Lipinski definition) is 1. The van der Waals surface area contributed by atoms with Crippen molar-refractivity contribution in [1.82, 2.24) is 9.88 Å². The van der Waals surface area contributed by atoms with E-state index in [1.165, 1.54) is 33.3 Å². The first-order valence-corrected chi connectivity index (χ1v) is 10.4. The fourth-order valence-electron chi connectivity index (χ4n) is 4.53. The number of halogens is 1. The molecule has 0 saturated carbocycles. The molecule has 3 heteroatoms. The summed E-state index contributed by atoms with van der Waals surface area (Å²) in [5.74, 6) is 0.252. The molecular formula is C26H23ClN2. The molecule has 0 fully saturated rings. The van der Waals surface area contributed by atoms with Crippen LogP contribution in [0.4, 0.5) is 0 Å². The number of aromatic nitrogens is 1. The molecule has 0 aliphatic carbocycles. The summed E-state index contributed by atoms with van der Waals surface area (Å²) in [6.45, 7) is 7.01. The monoisotopic (exact) mass is 398 g/mol. The molecule has 1 N–H and O–H groups in total. The van der Waals surface area contributed by atoms with Crippen LogP contribution in [0, 0.1) is 0 Å². The lowest BCUT2D eigenvalue weighted by atomic mass is 9.92. The van der Waals surface area contributed by atoms with Gasteiger partial charge in [-0.25, -0.2) is 0 Å². The van der Waals surface area contributed by atoms with E-state index in [1.54, 1.807) is 0 Å². The van der Waals surface area contributed by atoms with Gasteiger partial charge in [-0.2, -0.15) is 0 Å². The molecule has 1 aromatic heterocycles. The van der Waals surface area contributed by atoms with Gasteiger partial charge in [0.2, 0.25) is 0 Å². The second kappa shape index (κ2) is 7.55. The summed E-state index contributed by atoms with van der Waals surface area (Å²) in [6, 6.07) is 25.4. The normalized spacial score (nSPS) is 16.7. The van der Waals surface area contributed by atoms with Crippen molar-refractivity contribution in [3.8, 4) is 11.3 Å². The maximum absolute atomic E-state index is 6.13. The van der Waals surface area contributed by atoms with Gasteiger partial charge in [-0.3, -0.25) is 4.90 Å². The maximum atomic E-state index is 6.13. The molecule has 0 saturated heterocycles. The van der Waals surface area contributed by atoms with Gasteiger partial charge >= 0.3 is 0 Å². The number of nitrogens with zero attached hydrogens (tertiary/aromatic N) is 1. The van der Waals surface area contributed by atoms with Crippen LogP contribution in [0.25, 0.3) is 22.2 Å². The molecule has 1 unspecified atom stereocenters. The molecule has 0 spiro atoms. The van der Waals surface area contributed by atoms with E-state index in [0.29, 0.717) is 0 Å². The minimum Gasteiger partial charge on any atom is -0.354 e. The molecule has 0 radical (unpaired) electrons. The minimum absolute atomic E-state index is 0.252. The zero-order valence-corrected chi connectivity index (χ0v) is 17.0. The summed E-state index contributed by atoms with van der Waals surface area (Å²) in [7, 11) is 0. The number of benzene rings is 3. The molecular weight excluding hydrogens is 376 g/mol. The van der Waals surface area contributed by atoms with Crippen LogP contribution < -0.4 is 0 Å². The van der Waals surface area contributed by atoms with Crippen LogP contribution in [0.15, 0.2) is 85.5 Å². The summed E-state index contributed by atoms with van der Waals surface area (Å²) in [5.41, 5.74) is 7.59. The van der Waals surface area contributed by atoms with Crippen LogP contribution >= 0.6 is 11.6 Å². The van der Waals surface area contributed by atoms with Gasteiger partial charge in [0, 0.05) is 41.5 Å². The van der Waals surface area contributed by atoms with Crippen LogP contribution in [0.3, 0.4) is 0 Å². The number of H-pyrrole nitrogens is 1. The van der Waals surface area contributed by atoms with Crippen molar-refractivity contribution in [2.24, 2.45) is 0 Å². The Morgan fingerprint density at radius 2 is 1.79 bits per heavy atom. The van der Waals surface area contributed by atoms with Gasteiger partial charge in [-0.05, 0) is 40.5 Å². The van der Waals surface area contributed by atoms with Crippen molar-refractivity contribution in [3.63, 3.8) is 0 Å². The van der Waals surface area contributed by atoms with Crippen molar-refractivity contribution in [3.05, 3.63) is 107 Å². The van der Waals surface area contributed by atoms with Crippen molar-refractivity contribution >= 4 is 22.5 Å². The van der Waals surface area contributed by atoms with Crippen LogP contribution in [-0.4, -0.2) is 16.4 Å². The number of aromatic amines is 1. The van der Waals surface area contributed by atoms with Crippen LogP contribution in [0.5, 0.6) is 0 Å². The van der Waals surface area contributed by atoms with Crippen LogP contribution in [0.1, 0.15) is 22.6 Å². The largest absolute Gasteiger partial charge is 0.354 e. The van der Waals surface area contributed by atoms with Crippen molar-refractivity contribution in [1.29, 1.82) is 0 Å². The van der Waals surface area contributed by atoms with Gasteiger partial charge in [0.15, 0.2) is 0 Å². The molecule has 2 heterocycles. The SMILES string of the molecule is C=CC1CN(Cc2ccccc2)Cc2cccc3[nH]c(-c4ccc(Cl)cc4)c1c23. The molecule has 1 aliphatic rings. The first-order valence-electron chi connectivity index (χ1n) is 10.0. The lowest BCUT2D eigenvalue weighted by molar-refractivity contribution is 0.255. The highest BCUT2D eigenvalue weighted by molar-refractivity contribution is 6.30. The fourth-order valence-corrected chi connectivity index (χ4v) is 4.65. The van der Waals surface area contributed by atoms with Gasteiger partial charge in [-0.15, -0.1) is 6.58 Å². The van der Waals surface area contributed by atoms with Gasteiger partial charge in [-0.1, -0.05) is 72.3 Å². The molecule has 29 heavy (non-hydrogen) atoms. The highest BCUT2D eigenvalue weighted by Crippen LogP contribution is 2.41. The fraction of sp³-hybridized carbons (Fsp3) is 0.154. The highest BCUT2D eigenvalue weighted by atomic mass is 35.5. The topological polar surface area (TPSA) is 19.0 Å². The third kappa shape index (κ3) is 3.39. The second-order valence-corrected chi connectivity index (χ2v) is 8.19. The summed E-state index contributed by atoms with van der Waals surface area (Å²) in [4.78, 5) is 6.21. The van der Waals surface area contributed by atoms with Crippen LogP contribution in [0.2, 0.25) is 5.02 Å². The molecule has 1 aliphatic heterocycles. The quantitative estimate of drug-likeness (QED) is 0.375. The zero-order valence-electron chi connectivity index (χ0n) is 16.2. The molecule has 4 aromatic rings. The molecule has 2 nitrogen and oxygen atoms in total. The molecule has 144 valence electrons. The highest BCUT2D eigenvalue weighted by Gasteiger charge is 2.27.